The molecule has 0 aliphatic carbocycles. The van der Waals surface area contributed by atoms with Crippen LogP contribution in [0.5, 0.6) is 0 Å². The van der Waals surface area contributed by atoms with Crippen LogP contribution >= 0.6 is 11.6 Å². The second kappa shape index (κ2) is 13.8. The maximum atomic E-state index is 13.9. The Morgan fingerprint density at radius 3 is 2.28 bits per heavy atom. The zero-order valence-electron chi connectivity index (χ0n) is 24.1. The third-order valence-corrected chi connectivity index (χ3v) is 7.88. The molecule has 2 aromatic carbocycles. The lowest BCUT2D eigenvalue weighted by Gasteiger charge is -2.41. The Morgan fingerprint density at radius 2 is 1.59 bits per heavy atom. The first-order valence-corrected chi connectivity index (χ1v) is 14.9. The number of para-hydroxylation sites is 1. The van der Waals surface area contributed by atoms with Crippen molar-refractivity contribution < 1.29 is 9.59 Å². The van der Waals surface area contributed by atoms with E-state index in [0.29, 0.717) is 37.9 Å². The molecule has 2 aliphatic heterocycles. The highest BCUT2D eigenvalue weighted by atomic mass is 35.5. The van der Waals surface area contributed by atoms with Crippen molar-refractivity contribution in [2.75, 3.05) is 50.7 Å². The van der Waals surface area contributed by atoms with E-state index in [1.807, 2.05) is 34.1 Å². The van der Waals surface area contributed by atoms with Crippen molar-refractivity contribution in [3.63, 3.8) is 0 Å². The van der Waals surface area contributed by atoms with E-state index in [0.717, 1.165) is 62.0 Å². The molecule has 2 heterocycles. The molecule has 39 heavy (non-hydrogen) atoms. The standard InChI is InChI=1S/C32H45ClN4O2/c1-24(2)18-31(38)37-15-7-14-34(19-25(3)4)16-17-36(23-27-8-5-6-9-30(27)37)32(39)28-21-35(22-28)20-26-10-12-29(33)13-11-26/h5-6,8-13,24-25,28H,7,14-23H2,1-4H3. The predicted octanol–water partition coefficient (Wildman–Crippen LogP) is 5.54. The summed E-state index contributed by atoms with van der Waals surface area (Å²) in [5, 5.41) is 0.742. The number of benzene rings is 2. The molecule has 0 atom stereocenters. The van der Waals surface area contributed by atoms with Gasteiger partial charge < -0.3 is 14.7 Å². The van der Waals surface area contributed by atoms with Gasteiger partial charge in [0.25, 0.3) is 0 Å². The van der Waals surface area contributed by atoms with Crippen molar-refractivity contribution in [3.8, 4) is 0 Å². The van der Waals surface area contributed by atoms with E-state index >= 15 is 0 Å². The lowest BCUT2D eigenvalue weighted by atomic mass is 9.97. The van der Waals surface area contributed by atoms with Crippen LogP contribution < -0.4 is 4.90 Å². The van der Waals surface area contributed by atoms with Gasteiger partial charge in [-0.05, 0) is 54.1 Å². The summed E-state index contributed by atoms with van der Waals surface area (Å²) in [4.78, 5) is 36.1. The molecule has 7 heteroatoms. The zero-order valence-corrected chi connectivity index (χ0v) is 24.9. The number of likely N-dealkylation sites (tertiary alicyclic amines) is 1. The van der Waals surface area contributed by atoms with Crippen molar-refractivity contribution in [3.05, 3.63) is 64.7 Å². The third kappa shape index (κ3) is 8.29. The van der Waals surface area contributed by atoms with Crippen molar-refractivity contribution in [2.45, 2.75) is 53.6 Å². The maximum Gasteiger partial charge on any atom is 0.228 e. The largest absolute Gasteiger partial charge is 0.337 e. The predicted molar refractivity (Wildman–Crippen MR) is 160 cm³/mol. The average Bonchev–Trinajstić information content (AvgIpc) is 2.89. The monoisotopic (exact) mass is 552 g/mol. The Morgan fingerprint density at radius 1 is 0.872 bits per heavy atom. The van der Waals surface area contributed by atoms with Crippen LogP contribution in [0.25, 0.3) is 0 Å². The second-order valence-electron chi connectivity index (χ2n) is 12.1. The SMILES string of the molecule is CC(C)CC(=O)N1CCCN(CC(C)C)CCN(C(=O)C2CN(Cc3ccc(Cl)cc3)C2)Cc2ccccc21. The molecule has 0 N–H and O–H groups in total. The van der Waals surface area contributed by atoms with Crippen molar-refractivity contribution in [1.29, 1.82) is 0 Å². The van der Waals surface area contributed by atoms with E-state index < -0.39 is 0 Å². The van der Waals surface area contributed by atoms with Crippen LogP contribution in [0.15, 0.2) is 48.5 Å². The van der Waals surface area contributed by atoms with Gasteiger partial charge in [0.15, 0.2) is 0 Å². The van der Waals surface area contributed by atoms with Crippen LogP contribution in [-0.4, -0.2) is 72.3 Å². The second-order valence-corrected chi connectivity index (χ2v) is 12.5. The number of rotatable bonds is 7. The molecule has 1 fully saturated rings. The topological polar surface area (TPSA) is 47.1 Å². The highest BCUT2D eigenvalue weighted by Crippen LogP contribution is 2.27. The molecule has 0 bridgehead atoms. The first kappa shape index (κ1) is 29.6. The Hall–Kier alpha value is -2.41. The molecular weight excluding hydrogens is 508 g/mol. The van der Waals surface area contributed by atoms with Gasteiger partial charge in [0.05, 0.1) is 5.92 Å². The Labute approximate surface area is 239 Å². The third-order valence-electron chi connectivity index (χ3n) is 7.63. The summed E-state index contributed by atoms with van der Waals surface area (Å²) in [6.45, 7) is 15.8. The molecule has 0 saturated carbocycles. The number of amides is 2. The van der Waals surface area contributed by atoms with Gasteiger partial charge >= 0.3 is 0 Å². The highest BCUT2D eigenvalue weighted by Gasteiger charge is 2.36. The van der Waals surface area contributed by atoms with Gasteiger partial charge in [-0.3, -0.25) is 14.5 Å². The van der Waals surface area contributed by atoms with Gasteiger partial charge in [0, 0.05) is 69.5 Å². The van der Waals surface area contributed by atoms with Gasteiger partial charge in [-0.15, -0.1) is 0 Å². The van der Waals surface area contributed by atoms with Crippen LogP contribution in [0.1, 0.15) is 51.7 Å². The fraction of sp³-hybridized carbons (Fsp3) is 0.562. The molecule has 6 nitrogen and oxygen atoms in total. The quantitative estimate of drug-likeness (QED) is 0.452. The van der Waals surface area contributed by atoms with Crippen molar-refractivity contribution in [2.24, 2.45) is 17.8 Å². The lowest BCUT2D eigenvalue weighted by Crippen LogP contribution is -2.54. The molecule has 2 aliphatic rings. The van der Waals surface area contributed by atoms with E-state index in [4.69, 9.17) is 11.6 Å². The van der Waals surface area contributed by atoms with Gasteiger partial charge in [0.2, 0.25) is 11.8 Å². The summed E-state index contributed by atoms with van der Waals surface area (Å²) in [6, 6.07) is 16.1. The van der Waals surface area contributed by atoms with Gasteiger partial charge in [0.1, 0.15) is 0 Å². The van der Waals surface area contributed by atoms with Gasteiger partial charge in [-0.25, -0.2) is 0 Å². The summed E-state index contributed by atoms with van der Waals surface area (Å²) in [5.74, 6) is 1.24. The normalized spacial score (nSPS) is 18.1. The van der Waals surface area contributed by atoms with Crippen LogP contribution in [0.4, 0.5) is 5.69 Å². The summed E-state index contributed by atoms with van der Waals surface area (Å²) in [5.41, 5.74) is 3.22. The molecule has 4 rings (SSSR count). The zero-order chi connectivity index (χ0) is 27.9. The number of halogens is 1. The highest BCUT2D eigenvalue weighted by molar-refractivity contribution is 6.30. The number of fused-ring (bicyclic) bond motifs is 1. The maximum absolute atomic E-state index is 13.9. The number of carbonyl (C=O) groups excluding carboxylic acids is 2. The Balaban J connectivity index is 1.52. The first-order chi connectivity index (χ1) is 18.7. The van der Waals surface area contributed by atoms with E-state index in [1.54, 1.807) is 0 Å². The molecule has 2 aromatic rings. The van der Waals surface area contributed by atoms with Crippen LogP contribution in [0, 0.1) is 17.8 Å². The van der Waals surface area contributed by atoms with E-state index in [-0.39, 0.29) is 17.7 Å². The summed E-state index contributed by atoms with van der Waals surface area (Å²) < 4.78 is 0. The lowest BCUT2D eigenvalue weighted by molar-refractivity contribution is -0.142. The molecule has 212 valence electrons. The molecule has 0 aromatic heterocycles. The number of nitrogens with zero attached hydrogens (tertiary/aromatic N) is 4. The number of anilines is 1. The fourth-order valence-electron chi connectivity index (χ4n) is 5.71. The van der Waals surface area contributed by atoms with Crippen molar-refractivity contribution >= 4 is 29.1 Å². The molecule has 2 amide bonds. The number of hydrogen-bond donors (Lipinski definition) is 0. The van der Waals surface area contributed by atoms with E-state index in [2.05, 4.69) is 61.8 Å². The molecular formula is C32H45ClN4O2. The molecule has 0 spiro atoms. The fourth-order valence-corrected chi connectivity index (χ4v) is 5.83. The average molecular weight is 553 g/mol. The molecule has 0 radical (unpaired) electrons. The molecule has 1 saturated heterocycles. The molecule has 0 unspecified atom stereocenters. The summed E-state index contributed by atoms with van der Waals surface area (Å²) >= 11 is 6.04. The summed E-state index contributed by atoms with van der Waals surface area (Å²) in [6.07, 6.45) is 1.44. The van der Waals surface area contributed by atoms with Crippen LogP contribution in [0.2, 0.25) is 5.02 Å². The Bertz CT molecular complexity index is 1100. The van der Waals surface area contributed by atoms with E-state index in [1.165, 1.54) is 5.56 Å². The minimum Gasteiger partial charge on any atom is -0.337 e. The summed E-state index contributed by atoms with van der Waals surface area (Å²) in [7, 11) is 0. The van der Waals surface area contributed by atoms with Gasteiger partial charge in [-0.1, -0.05) is 69.6 Å². The number of hydrogen-bond acceptors (Lipinski definition) is 4. The minimum atomic E-state index is 0.00631. The first-order valence-electron chi connectivity index (χ1n) is 14.6. The number of carbonyl (C=O) groups is 2. The Kier molecular flexibility index (Phi) is 10.4. The van der Waals surface area contributed by atoms with Crippen LogP contribution in [0.3, 0.4) is 0 Å². The smallest absolute Gasteiger partial charge is 0.228 e. The van der Waals surface area contributed by atoms with E-state index in [9.17, 15) is 9.59 Å². The minimum absolute atomic E-state index is 0.00631. The van der Waals surface area contributed by atoms with Crippen LogP contribution in [-0.2, 0) is 22.7 Å². The van der Waals surface area contributed by atoms with Gasteiger partial charge in [-0.2, -0.15) is 0 Å². The van der Waals surface area contributed by atoms with Crippen molar-refractivity contribution in [1.82, 2.24) is 14.7 Å².